The molecule has 3 aliphatic rings. The molecule has 2 atom stereocenters. The Balaban J connectivity index is 1.12. The van der Waals surface area contributed by atoms with E-state index in [-0.39, 0.29) is 0 Å². The van der Waals surface area contributed by atoms with Gasteiger partial charge in [0.2, 0.25) is 0 Å². The van der Waals surface area contributed by atoms with Crippen LogP contribution in [0.5, 0.6) is 5.75 Å². The average molecular weight is 385 g/mol. The summed E-state index contributed by atoms with van der Waals surface area (Å²) in [5.74, 6) is 4.13. The van der Waals surface area contributed by atoms with Crippen LogP contribution in [0.15, 0.2) is 24.3 Å². The molecule has 3 fully saturated rings. The molecule has 3 nitrogen and oxygen atoms in total. The first-order chi connectivity index (χ1) is 13.7. The van der Waals surface area contributed by atoms with Crippen molar-refractivity contribution in [1.29, 1.82) is 0 Å². The van der Waals surface area contributed by atoms with E-state index in [0.717, 1.165) is 43.1 Å². The molecule has 1 heterocycles. The summed E-state index contributed by atoms with van der Waals surface area (Å²) in [6.45, 7) is 6.79. The molecule has 2 bridgehead atoms. The molecule has 0 aromatic heterocycles. The maximum atomic E-state index is 5.98. The van der Waals surface area contributed by atoms with Crippen LogP contribution >= 0.6 is 0 Å². The number of hydrogen-bond acceptors (Lipinski definition) is 3. The van der Waals surface area contributed by atoms with Gasteiger partial charge in [-0.05, 0) is 81.0 Å². The van der Waals surface area contributed by atoms with Gasteiger partial charge in [0.1, 0.15) is 5.75 Å². The van der Waals surface area contributed by atoms with Gasteiger partial charge in [0.25, 0.3) is 0 Å². The molecule has 1 aliphatic heterocycles. The monoisotopic (exact) mass is 384 g/mol. The number of nitrogens with zero attached hydrogens (tertiary/aromatic N) is 2. The van der Waals surface area contributed by atoms with E-state index in [0.29, 0.717) is 0 Å². The van der Waals surface area contributed by atoms with Gasteiger partial charge in [-0.1, -0.05) is 31.4 Å². The van der Waals surface area contributed by atoms with Crippen molar-refractivity contribution in [3.05, 3.63) is 29.8 Å². The van der Waals surface area contributed by atoms with Gasteiger partial charge in [-0.15, -0.1) is 0 Å². The third-order valence-electron chi connectivity index (χ3n) is 7.47. The summed E-state index contributed by atoms with van der Waals surface area (Å²) in [6.07, 6.45) is 12.8. The molecule has 3 heteroatoms. The predicted molar refractivity (Wildman–Crippen MR) is 117 cm³/mol. The van der Waals surface area contributed by atoms with Gasteiger partial charge in [0.15, 0.2) is 0 Å². The van der Waals surface area contributed by atoms with Gasteiger partial charge >= 0.3 is 0 Å². The molecule has 2 saturated carbocycles. The number of likely N-dealkylation sites (N-methyl/N-ethyl adjacent to an activating group) is 1. The molecular formula is C25H40N2O. The van der Waals surface area contributed by atoms with E-state index < -0.39 is 0 Å². The third kappa shape index (κ3) is 5.97. The molecule has 0 radical (unpaired) electrons. The van der Waals surface area contributed by atoms with E-state index in [2.05, 4.69) is 41.1 Å². The second-order valence-corrected chi connectivity index (χ2v) is 9.77. The van der Waals surface area contributed by atoms with Crippen molar-refractivity contribution in [1.82, 2.24) is 9.80 Å². The Bertz CT molecular complexity index is 567. The number of rotatable bonds is 8. The largest absolute Gasteiger partial charge is 0.494 e. The summed E-state index contributed by atoms with van der Waals surface area (Å²) < 4.78 is 5.98. The zero-order valence-corrected chi connectivity index (χ0v) is 18.0. The molecule has 1 aromatic carbocycles. The Labute approximate surface area is 172 Å². The van der Waals surface area contributed by atoms with Crippen LogP contribution in [-0.4, -0.2) is 56.2 Å². The summed E-state index contributed by atoms with van der Waals surface area (Å²) in [7, 11) is 2.21. The SMILES string of the molecule is CN1CCN(CCCOc2ccc(CCC3CC4CCCC(C4)C3)cc2)CC1. The minimum absolute atomic E-state index is 0.830. The Morgan fingerprint density at radius 1 is 0.929 bits per heavy atom. The molecule has 156 valence electrons. The lowest BCUT2D eigenvalue weighted by molar-refractivity contribution is 0.132. The van der Waals surface area contributed by atoms with Gasteiger partial charge in [0, 0.05) is 32.7 Å². The number of ether oxygens (including phenoxy) is 1. The highest BCUT2D eigenvalue weighted by Crippen LogP contribution is 2.43. The molecule has 28 heavy (non-hydrogen) atoms. The van der Waals surface area contributed by atoms with E-state index in [1.54, 1.807) is 0 Å². The standard InChI is InChI=1S/C25H40N2O/c1-26-13-15-27(16-14-26)12-3-17-28-25-10-8-21(9-11-25)6-7-24-19-22-4-2-5-23(18-22)20-24/h8-11,22-24H,2-7,12-20H2,1H3. The predicted octanol–water partition coefficient (Wildman–Crippen LogP) is 4.85. The van der Waals surface area contributed by atoms with Crippen LogP contribution in [0.3, 0.4) is 0 Å². The van der Waals surface area contributed by atoms with Gasteiger partial charge in [0.05, 0.1) is 6.61 Å². The first-order valence-corrected chi connectivity index (χ1v) is 11.9. The fraction of sp³-hybridized carbons (Fsp3) is 0.760. The van der Waals surface area contributed by atoms with Crippen molar-refractivity contribution >= 4 is 0 Å². The lowest BCUT2D eigenvalue weighted by Gasteiger charge is -2.39. The lowest BCUT2D eigenvalue weighted by atomic mass is 9.67. The Morgan fingerprint density at radius 2 is 1.64 bits per heavy atom. The number of benzene rings is 1. The highest BCUT2D eigenvalue weighted by Gasteiger charge is 2.31. The lowest BCUT2D eigenvalue weighted by Crippen LogP contribution is -2.44. The van der Waals surface area contributed by atoms with Crippen molar-refractivity contribution in [3.63, 3.8) is 0 Å². The number of piperazine rings is 1. The van der Waals surface area contributed by atoms with Crippen molar-refractivity contribution in [2.45, 2.75) is 57.8 Å². The zero-order valence-electron chi connectivity index (χ0n) is 18.0. The number of fused-ring (bicyclic) bond motifs is 2. The van der Waals surface area contributed by atoms with Gasteiger partial charge < -0.3 is 14.5 Å². The van der Waals surface area contributed by atoms with Crippen LogP contribution in [0, 0.1) is 17.8 Å². The zero-order chi connectivity index (χ0) is 19.2. The summed E-state index contributed by atoms with van der Waals surface area (Å²) in [6, 6.07) is 8.94. The molecule has 2 unspecified atom stereocenters. The molecule has 1 saturated heterocycles. The quantitative estimate of drug-likeness (QED) is 0.596. The summed E-state index contributed by atoms with van der Waals surface area (Å²) >= 11 is 0. The minimum atomic E-state index is 0.830. The highest BCUT2D eigenvalue weighted by atomic mass is 16.5. The first kappa shape index (κ1) is 20.2. The van der Waals surface area contributed by atoms with Crippen molar-refractivity contribution in [2.75, 3.05) is 46.4 Å². The van der Waals surface area contributed by atoms with E-state index in [4.69, 9.17) is 4.74 Å². The summed E-state index contributed by atoms with van der Waals surface area (Å²) in [5, 5.41) is 0. The number of aryl methyl sites for hydroxylation is 1. The fourth-order valence-electron chi connectivity index (χ4n) is 5.78. The third-order valence-corrected chi connectivity index (χ3v) is 7.47. The maximum absolute atomic E-state index is 5.98. The van der Waals surface area contributed by atoms with E-state index in [1.165, 1.54) is 83.1 Å². The maximum Gasteiger partial charge on any atom is 0.119 e. The van der Waals surface area contributed by atoms with Crippen molar-refractivity contribution < 1.29 is 4.74 Å². The van der Waals surface area contributed by atoms with Crippen molar-refractivity contribution in [2.24, 2.45) is 17.8 Å². The average Bonchev–Trinajstić information content (AvgIpc) is 2.72. The second-order valence-electron chi connectivity index (χ2n) is 9.77. The van der Waals surface area contributed by atoms with Gasteiger partial charge in [-0.25, -0.2) is 0 Å². The molecule has 1 aromatic rings. The minimum Gasteiger partial charge on any atom is -0.494 e. The van der Waals surface area contributed by atoms with Crippen LogP contribution in [0.2, 0.25) is 0 Å². The highest BCUT2D eigenvalue weighted by molar-refractivity contribution is 5.27. The van der Waals surface area contributed by atoms with Crippen LogP contribution in [0.25, 0.3) is 0 Å². The Hall–Kier alpha value is -1.06. The van der Waals surface area contributed by atoms with Crippen LogP contribution in [0.4, 0.5) is 0 Å². The van der Waals surface area contributed by atoms with Gasteiger partial charge in [-0.2, -0.15) is 0 Å². The van der Waals surface area contributed by atoms with Crippen LogP contribution < -0.4 is 4.74 Å². The molecule has 0 spiro atoms. The molecule has 0 N–H and O–H groups in total. The topological polar surface area (TPSA) is 15.7 Å². The Kier molecular flexibility index (Phi) is 7.31. The fourth-order valence-corrected chi connectivity index (χ4v) is 5.78. The van der Waals surface area contributed by atoms with Crippen LogP contribution in [-0.2, 0) is 6.42 Å². The van der Waals surface area contributed by atoms with Crippen molar-refractivity contribution in [3.8, 4) is 5.75 Å². The molecule has 0 amide bonds. The molecule has 4 rings (SSSR count). The Morgan fingerprint density at radius 3 is 2.36 bits per heavy atom. The summed E-state index contributed by atoms with van der Waals surface area (Å²) in [5.41, 5.74) is 1.49. The number of hydrogen-bond donors (Lipinski definition) is 0. The van der Waals surface area contributed by atoms with E-state index in [9.17, 15) is 0 Å². The smallest absolute Gasteiger partial charge is 0.119 e. The first-order valence-electron chi connectivity index (χ1n) is 11.9. The second kappa shape index (κ2) is 10.1. The van der Waals surface area contributed by atoms with E-state index >= 15 is 0 Å². The van der Waals surface area contributed by atoms with Crippen LogP contribution in [0.1, 0.15) is 56.9 Å². The molecule has 2 aliphatic carbocycles. The van der Waals surface area contributed by atoms with E-state index in [1.807, 2.05) is 0 Å². The van der Waals surface area contributed by atoms with Gasteiger partial charge in [-0.3, -0.25) is 0 Å². The normalized spacial score (nSPS) is 29.0. The summed E-state index contributed by atoms with van der Waals surface area (Å²) in [4.78, 5) is 4.97. The molecular weight excluding hydrogens is 344 g/mol.